The van der Waals surface area contributed by atoms with E-state index in [-0.39, 0.29) is 34.1 Å². The number of H-pyrrole nitrogens is 2. The van der Waals surface area contributed by atoms with E-state index in [9.17, 15) is 24.9 Å². The number of nitrogens with zero attached hydrogens (tertiary/aromatic N) is 2. The molecule has 4 aromatic rings. The molecule has 5 N–H and O–H groups in total. The Hall–Kier alpha value is -4.14. The molecule has 0 unspecified atom stereocenters. The number of aromatic hydroxyl groups is 3. The summed E-state index contributed by atoms with van der Waals surface area (Å²) in [7, 11) is 0. The summed E-state index contributed by atoms with van der Waals surface area (Å²) in [6, 6.07) is 10.1. The van der Waals surface area contributed by atoms with Crippen LogP contribution in [0.15, 0.2) is 46.0 Å². The summed E-state index contributed by atoms with van der Waals surface area (Å²) in [6.07, 6.45) is 0. The van der Waals surface area contributed by atoms with E-state index in [1.165, 1.54) is 19.9 Å². The maximum absolute atomic E-state index is 12.8. The van der Waals surface area contributed by atoms with Gasteiger partial charge in [-0.2, -0.15) is 0 Å². The molecule has 0 aliphatic carbocycles. The summed E-state index contributed by atoms with van der Waals surface area (Å²) in [5.41, 5.74) is -1.85. The minimum atomic E-state index is -1.34. The van der Waals surface area contributed by atoms with Crippen LogP contribution < -0.4 is 11.1 Å². The Kier molecular flexibility index (Phi) is 4.50. The lowest BCUT2D eigenvalue weighted by atomic mass is 9.83. The minimum absolute atomic E-state index is 0.158. The Labute approximate surface area is 169 Å². The molecule has 0 atom stereocenters. The molecular formula is C21H18N4O5. The zero-order valence-electron chi connectivity index (χ0n) is 16.1. The van der Waals surface area contributed by atoms with Crippen molar-refractivity contribution < 1.29 is 15.3 Å². The maximum Gasteiger partial charge on any atom is 0.258 e. The summed E-state index contributed by atoms with van der Waals surface area (Å²) in [4.78, 5) is 38.5. The predicted molar refractivity (Wildman–Crippen MR) is 109 cm³/mol. The molecule has 0 fully saturated rings. The average Bonchev–Trinajstić information content (AvgIpc) is 2.65. The Balaban J connectivity index is 2.20. The Morgan fingerprint density at radius 2 is 1.30 bits per heavy atom. The molecule has 0 bridgehead atoms. The zero-order valence-corrected chi connectivity index (χ0v) is 16.1. The first-order chi connectivity index (χ1) is 14.3. The molecule has 0 radical (unpaired) electrons. The highest BCUT2D eigenvalue weighted by molar-refractivity contribution is 5.89. The van der Waals surface area contributed by atoms with E-state index in [0.717, 1.165) is 5.39 Å². The number of phenolic OH excluding ortho intramolecular Hbond substituents is 1. The fourth-order valence-electron chi connectivity index (χ4n) is 3.70. The molecule has 0 saturated carbocycles. The lowest BCUT2D eigenvalue weighted by molar-refractivity contribution is 0.427. The SMILES string of the molecule is Cc1nc(O)c(C(c2c(O)nc(C)[nH]c2=O)c2c(O)ccc3ccccc23)c(=O)[nH]1. The van der Waals surface area contributed by atoms with Gasteiger partial charge in [0.25, 0.3) is 11.1 Å². The first-order valence-corrected chi connectivity index (χ1v) is 9.08. The fourth-order valence-corrected chi connectivity index (χ4v) is 3.70. The summed E-state index contributed by atoms with van der Waals surface area (Å²) < 4.78 is 0. The molecule has 2 aromatic carbocycles. The van der Waals surface area contributed by atoms with E-state index >= 15 is 0 Å². The van der Waals surface area contributed by atoms with Gasteiger partial charge in [-0.05, 0) is 30.7 Å². The van der Waals surface area contributed by atoms with Crippen molar-refractivity contribution >= 4 is 10.8 Å². The lowest BCUT2D eigenvalue weighted by Crippen LogP contribution is -2.26. The predicted octanol–water partition coefficient (Wildman–Crippen LogP) is 1.92. The number of aromatic nitrogens is 4. The van der Waals surface area contributed by atoms with Gasteiger partial charge in [-0.15, -0.1) is 0 Å². The van der Waals surface area contributed by atoms with Crippen LogP contribution in [0.2, 0.25) is 0 Å². The number of benzene rings is 2. The highest BCUT2D eigenvalue weighted by Gasteiger charge is 2.33. The van der Waals surface area contributed by atoms with Crippen molar-refractivity contribution in [1.82, 2.24) is 19.9 Å². The van der Waals surface area contributed by atoms with Gasteiger partial charge >= 0.3 is 0 Å². The normalized spacial score (nSPS) is 11.3. The molecule has 0 saturated heterocycles. The van der Waals surface area contributed by atoms with Crippen LogP contribution in [0.5, 0.6) is 17.5 Å². The van der Waals surface area contributed by atoms with Gasteiger partial charge in [0.05, 0.1) is 17.0 Å². The summed E-state index contributed by atoms with van der Waals surface area (Å²) in [5, 5.41) is 33.1. The van der Waals surface area contributed by atoms with Crippen LogP contribution in [0.25, 0.3) is 10.8 Å². The van der Waals surface area contributed by atoms with Crippen LogP contribution in [0.3, 0.4) is 0 Å². The molecule has 0 aliphatic heterocycles. The van der Waals surface area contributed by atoms with Gasteiger partial charge in [-0.1, -0.05) is 30.3 Å². The number of aryl methyl sites for hydroxylation is 2. The van der Waals surface area contributed by atoms with Crippen LogP contribution in [0.4, 0.5) is 0 Å². The molecule has 9 nitrogen and oxygen atoms in total. The van der Waals surface area contributed by atoms with Gasteiger partial charge in [0.1, 0.15) is 17.4 Å². The molecule has 9 heteroatoms. The van der Waals surface area contributed by atoms with Gasteiger partial charge in [-0.3, -0.25) is 9.59 Å². The van der Waals surface area contributed by atoms with E-state index in [1.54, 1.807) is 30.3 Å². The van der Waals surface area contributed by atoms with Crippen molar-refractivity contribution in [2.75, 3.05) is 0 Å². The summed E-state index contributed by atoms with van der Waals surface area (Å²) in [6.45, 7) is 2.99. The molecule has 0 aliphatic rings. The van der Waals surface area contributed by atoms with E-state index in [1.807, 2.05) is 0 Å². The zero-order chi connectivity index (χ0) is 21.6. The standard InChI is InChI=1S/C21H18N4O5/c1-9-22-18(27)16(19(28)23-9)15(17-20(29)24-10(2)25-21(17)30)14-12-6-4-3-5-11(12)7-8-13(14)26/h3-8,15,26H,1-2H3,(H2,22,23,27,28)(H2,24,25,29,30). The van der Waals surface area contributed by atoms with Crippen molar-refractivity contribution in [1.29, 1.82) is 0 Å². The molecule has 0 spiro atoms. The number of fused-ring (bicyclic) bond motifs is 1. The van der Waals surface area contributed by atoms with Crippen LogP contribution in [0.1, 0.15) is 34.3 Å². The number of nitrogens with one attached hydrogen (secondary N) is 2. The van der Waals surface area contributed by atoms with Crippen LogP contribution in [-0.4, -0.2) is 35.3 Å². The van der Waals surface area contributed by atoms with Crippen LogP contribution in [-0.2, 0) is 0 Å². The Bertz CT molecular complexity index is 1340. The maximum atomic E-state index is 12.8. The third-order valence-corrected chi connectivity index (χ3v) is 4.92. The van der Waals surface area contributed by atoms with E-state index in [2.05, 4.69) is 19.9 Å². The minimum Gasteiger partial charge on any atom is -0.508 e. The third-order valence-electron chi connectivity index (χ3n) is 4.92. The van der Waals surface area contributed by atoms with Crippen molar-refractivity contribution in [2.45, 2.75) is 19.8 Å². The van der Waals surface area contributed by atoms with Gasteiger partial charge in [0, 0.05) is 5.56 Å². The van der Waals surface area contributed by atoms with Crippen molar-refractivity contribution in [2.24, 2.45) is 0 Å². The molecule has 2 heterocycles. The van der Waals surface area contributed by atoms with Crippen molar-refractivity contribution in [3.05, 3.63) is 85.4 Å². The quantitative estimate of drug-likeness (QED) is 0.348. The molecule has 152 valence electrons. The van der Waals surface area contributed by atoms with Gasteiger partial charge in [0.2, 0.25) is 11.8 Å². The number of hydrogen-bond acceptors (Lipinski definition) is 7. The number of hydrogen-bond donors (Lipinski definition) is 5. The third kappa shape index (κ3) is 3.06. The number of rotatable bonds is 3. The first-order valence-electron chi connectivity index (χ1n) is 9.08. The number of phenols is 1. The number of aromatic amines is 2. The lowest BCUT2D eigenvalue weighted by Gasteiger charge is -2.21. The van der Waals surface area contributed by atoms with Crippen molar-refractivity contribution in [3.8, 4) is 17.5 Å². The highest BCUT2D eigenvalue weighted by Crippen LogP contribution is 2.42. The molecule has 30 heavy (non-hydrogen) atoms. The van der Waals surface area contributed by atoms with E-state index in [0.29, 0.717) is 5.39 Å². The van der Waals surface area contributed by atoms with Crippen LogP contribution in [0, 0.1) is 13.8 Å². The largest absolute Gasteiger partial charge is 0.508 e. The molecule has 0 amide bonds. The second kappa shape index (κ2) is 7.03. The molecule has 2 aromatic heterocycles. The molecule has 4 rings (SSSR count). The van der Waals surface area contributed by atoms with Gasteiger partial charge < -0.3 is 25.3 Å². The second-order valence-corrected chi connectivity index (χ2v) is 6.93. The van der Waals surface area contributed by atoms with Crippen LogP contribution >= 0.6 is 0 Å². The average molecular weight is 406 g/mol. The van der Waals surface area contributed by atoms with Crippen molar-refractivity contribution in [3.63, 3.8) is 0 Å². The smallest absolute Gasteiger partial charge is 0.258 e. The summed E-state index contributed by atoms with van der Waals surface area (Å²) in [5.74, 6) is -2.47. The summed E-state index contributed by atoms with van der Waals surface area (Å²) >= 11 is 0. The second-order valence-electron chi connectivity index (χ2n) is 6.93. The fraction of sp³-hybridized carbons (Fsp3) is 0.143. The van der Waals surface area contributed by atoms with E-state index in [4.69, 9.17) is 0 Å². The monoisotopic (exact) mass is 406 g/mol. The van der Waals surface area contributed by atoms with Gasteiger partial charge in [-0.25, -0.2) is 9.97 Å². The highest BCUT2D eigenvalue weighted by atomic mass is 16.3. The van der Waals surface area contributed by atoms with E-state index < -0.39 is 28.8 Å². The Morgan fingerprint density at radius 3 is 1.83 bits per heavy atom. The van der Waals surface area contributed by atoms with Gasteiger partial charge in [0.15, 0.2) is 0 Å². The molecular weight excluding hydrogens is 388 g/mol. The topological polar surface area (TPSA) is 152 Å². The Morgan fingerprint density at radius 1 is 0.767 bits per heavy atom. The first kappa shape index (κ1) is 19.2.